The summed E-state index contributed by atoms with van der Waals surface area (Å²) in [5.74, 6) is -0.731. The van der Waals surface area contributed by atoms with Crippen molar-refractivity contribution in [1.29, 1.82) is 0 Å². The molecule has 1 aliphatic heterocycles. The number of nitrogens with one attached hydrogen (secondary N) is 1. The number of aromatic nitrogens is 4. The number of carbonyl (C=O) groups is 2. The van der Waals surface area contributed by atoms with E-state index in [1.54, 1.807) is 20.8 Å². The lowest BCUT2D eigenvalue weighted by Gasteiger charge is -2.25. The van der Waals surface area contributed by atoms with Crippen LogP contribution in [0, 0.1) is 0 Å². The van der Waals surface area contributed by atoms with E-state index in [1.165, 1.54) is 11.8 Å². The highest BCUT2D eigenvalue weighted by Crippen LogP contribution is 2.31. The molecule has 5 atom stereocenters. The molecule has 3 aromatic carbocycles. The fourth-order valence-electron chi connectivity index (χ4n) is 5.39. The number of hydrogen-bond acceptors (Lipinski definition) is 12. The second-order valence-electron chi connectivity index (χ2n) is 12.9. The normalized spacial score (nSPS) is 19.3. The van der Waals surface area contributed by atoms with Gasteiger partial charge in [0.15, 0.2) is 6.04 Å². The Balaban J connectivity index is 1.33. The Bertz CT molecular complexity index is 1640. The van der Waals surface area contributed by atoms with Gasteiger partial charge in [0.2, 0.25) is 0 Å². The van der Waals surface area contributed by atoms with Gasteiger partial charge in [-0.25, -0.2) is 9.59 Å². The van der Waals surface area contributed by atoms with Crippen molar-refractivity contribution in [3.63, 3.8) is 0 Å². The van der Waals surface area contributed by atoms with Crippen LogP contribution in [0.1, 0.15) is 37.5 Å². The molecule has 0 aliphatic carbocycles. The molecular formula is C37H45N5O9. The molecule has 0 spiro atoms. The summed E-state index contributed by atoms with van der Waals surface area (Å²) in [6.45, 7) is 6.21. The lowest BCUT2D eigenvalue weighted by Crippen LogP contribution is -2.47. The van der Waals surface area contributed by atoms with Crippen molar-refractivity contribution in [2.45, 2.75) is 83.2 Å². The summed E-state index contributed by atoms with van der Waals surface area (Å²) in [5, 5.41) is 14.4. The van der Waals surface area contributed by atoms with Crippen LogP contribution in [0.2, 0.25) is 0 Å². The average molecular weight is 704 g/mol. The average Bonchev–Trinajstić information content (AvgIpc) is 3.71. The first kappa shape index (κ1) is 37.4. The quantitative estimate of drug-likeness (QED) is 0.156. The molecule has 1 fully saturated rings. The van der Waals surface area contributed by atoms with E-state index in [-0.39, 0.29) is 25.8 Å². The Morgan fingerprint density at radius 1 is 0.824 bits per heavy atom. The Morgan fingerprint density at radius 2 is 1.37 bits per heavy atom. The SMILES string of the molecule is COC(=O)[C@H](COc1nnnn1C[C@H]1O[C@H](COCc2ccccc2)[C@@H](OCc2ccccc2)[C@H]1OCc1ccccc1)NC(=O)OC(C)(C)C. The number of ether oxygens (including phenoxy) is 7. The van der Waals surface area contributed by atoms with Gasteiger partial charge >= 0.3 is 18.1 Å². The Hall–Kier alpha value is -4.89. The molecule has 4 aromatic rings. The van der Waals surface area contributed by atoms with Crippen molar-refractivity contribution >= 4 is 12.1 Å². The van der Waals surface area contributed by atoms with E-state index in [9.17, 15) is 9.59 Å². The molecule has 0 bridgehead atoms. The Morgan fingerprint density at radius 3 is 1.92 bits per heavy atom. The summed E-state index contributed by atoms with van der Waals surface area (Å²) in [6, 6.07) is 28.4. The van der Waals surface area contributed by atoms with Crippen molar-refractivity contribution in [2.24, 2.45) is 0 Å². The molecule has 0 radical (unpaired) electrons. The molecule has 51 heavy (non-hydrogen) atoms. The molecule has 1 saturated heterocycles. The maximum absolute atomic E-state index is 12.5. The standard InChI is InChI=1S/C37H45N5O9/c1-37(2,3)51-36(44)38-29(34(43)45-4)24-49-35-39-40-41-42(35)20-30-32(47-22-27-16-10-6-11-17-27)33(48-23-28-18-12-7-13-19-28)31(50-30)25-46-21-26-14-8-5-9-15-26/h5-19,29-33H,20-25H2,1-4H3,(H,38,44)/t29-,30+,31+,32-,33+/m0/s1. The van der Waals surface area contributed by atoms with Crippen LogP contribution in [0.4, 0.5) is 4.79 Å². The van der Waals surface area contributed by atoms with Crippen molar-refractivity contribution in [3.8, 4) is 6.01 Å². The molecule has 1 N–H and O–H groups in total. The maximum Gasteiger partial charge on any atom is 0.408 e. The lowest BCUT2D eigenvalue weighted by atomic mass is 10.1. The number of methoxy groups -OCH3 is 1. The van der Waals surface area contributed by atoms with E-state index in [2.05, 4.69) is 20.8 Å². The fraction of sp³-hybridized carbons (Fsp3) is 0.432. The van der Waals surface area contributed by atoms with E-state index in [4.69, 9.17) is 33.2 Å². The first-order valence-corrected chi connectivity index (χ1v) is 16.7. The molecule has 1 amide bonds. The summed E-state index contributed by atoms with van der Waals surface area (Å²) in [6.07, 6.45) is -2.97. The monoisotopic (exact) mass is 703 g/mol. The molecule has 14 nitrogen and oxygen atoms in total. The summed E-state index contributed by atoms with van der Waals surface area (Å²) >= 11 is 0. The number of esters is 1. The number of tetrazole rings is 1. The summed E-state index contributed by atoms with van der Waals surface area (Å²) in [4.78, 5) is 24.9. The van der Waals surface area contributed by atoms with Crippen molar-refractivity contribution in [2.75, 3.05) is 20.3 Å². The molecular weight excluding hydrogens is 658 g/mol. The number of carbonyl (C=O) groups excluding carboxylic acids is 2. The molecule has 0 unspecified atom stereocenters. The van der Waals surface area contributed by atoms with Gasteiger partial charge in [0.05, 0.1) is 40.1 Å². The van der Waals surface area contributed by atoms with Gasteiger partial charge in [0.1, 0.15) is 36.6 Å². The summed E-state index contributed by atoms with van der Waals surface area (Å²) in [7, 11) is 1.21. The van der Waals surface area contributed by atoms with Crippen LogP contribution in [0.25, 0.3) is 0 Å². The number of amides is 1. The van der Waals surface area contributed by atoms with E-state index < -0.39 is 48.1 Å². The third-order valence-corrected chi connectivity index (χ3v) is 7.78. The van der Waals surface area contributed by atoms with Gasteiger partial charge in [0.25, 0.3) is 0 Å². The number of hydrogen-bond donors (Lipinski definition) is 1. The second-order valence-corrected chi connectivity index (χ2v) is 12.9. The highest BCUT2D eigenvalue weighted by atomic mass is 16.6. The van der Waals surface area contributed by atoms with Crippen molar-refractivity contribution in [3.05, 3.63) is 108 Å². The summed E-state index contributed by atoms with van der Waals surface area (Å²) < 4.78 is 43.3. The largest absolute Gasteiger partial charge is 0.467 e. The molecule has 2 heterocycles. The first-order chi connectivity index (χ1) is 24.7. The zero-order valence-corrected chi connectivity index (χ0v) is 29.3. The van der Waals surface area contributed by atoms with Gasteiger partial charge in [-0.3, -0.25) is 0 Å². The zero-order valence-electron chi connectivity index (χ0n) is 29.3. The van der Waals surface area contributed by atoms with Crippen LogP contribution >= 0.6 is 0 Å². The second kappa shape index (κ2) is 18.4. The van der Waals surface area contributed by atoms with E-state index in [1.807, 2.05) is 91.0 Å². The van der Waals surface area contributed by atoms with Crippen LogP contribution in [-0.2, 0) is 59.6 Å². The van der Waals surface area contributed by atoms with E-state index in [0.29, 0.717) is 19.8 Å². The Labute approximate surface area is 297 Å². The van der Waals surface area contributed by atoms with E-state index >= 15 is 0 Å². The fourth-order valence-corrected chi connectivity index (χ4v) is 5.39. The van der Waals surface area contributed by atoms with Crippen LogP contribution in [0.15, 0.2) is 91.0 Å². The molecule has 1 aromatic heterocycles. The molecule has 0 saturated carbocycles. The highest BCUT2D eigenvalue weighted by molar-refractivity contribution is 5.81. The third kappa shape index (κ3) is 11.6. The van der Waals surface area contributed by atoms with Crippen LogP contribution in [0.5, 0.6) is 6.01 Å². The lowest BCUT2D eigenvalue weighted by molar-refractivity contribution is -0.144. The van der Waals surface area contributed by atoms with Crippen LogP contribution in [0.3, 0.4) is 0 Å². The first-order valence-electron chi connectivity index (χ1n) is 16.7. The smallest absolute Gasteiger partial charge is 0.408 e. The Kier molecular flexibility index (Phi) is 13.5. The minimum atomic E-state index is -1.19. The molecule has 272 valence electrons. The van der Waals surface area contributed by atoms with E-state index in [0.717, 1.165) is 16.7 Å². The molecule has 5 rings (SSSR count). The number of nitrogens with zero attached hydrogens (tertiary/aromatic N) is 4. The van der Waals surface area contributed by atoms with Gasteiger partial charge in [-0.1, -0.05) is 96.1 Å². The minimum Gasteiger partial charge on any atom is -0.467 e. The minimum absolute atomic E-state index is 0.00849. The number of alkyl carbamates (subject to hydrolysis) is 1. The highest BCUT2D eigenvalue weighted by Gasteiger charge is 2.47. The van der Waals surface area contributed by atoms with Gasteiger partial charge < -0.3 is 38.5 Å². The zero-order chi connectivity index (χ0) is 36.1. The van der Waals surface area contributed by atoms with Crippen molar-refractivity contribution < 1.29 is 42.7 Å². The number of rotatable bonds is 17. The molecule has 1 aliphatic rings. The third-order valence-electron chi connectivity index (χ3n) is 7.78. The van der Waals surface area contributed by atoms with Crippen LogP contribution < -0.4 is 10.1 Å². The predicted octanol–water partition coefficient (Wildman–Crippen LogP) is 4.27. The predicted molar refractivity (Wildman–Crippen MR) is 183 cm³/mol. The van der Waals surface area contributed by atoms with Gasteiger partial charge in [-0.05, 0) is 47.9 Å². The van der Waals surface area contributed by atoms with Crippen LogP contribution in [-0.4, -0.2) is 88.7 Å². The van der Waals surface area contributed by atoms with Gasteiger partial charge in [-0.2, -0.15) is 4.68 Å². The number of benzene rings is 3. The van der Waals surface area contributed by atoms with Gasteiger partial charge in [0, 0.05) is 0 Å². The van der Waals surface area contributed by atoms with Gasteiger partial charge in [-0.15, -0.1) is 0 Å². The topological polar surface area (TPSA) is 154 Å². The maximum atomic E-state index is 12.5. The molecule has 14 heteroatoms. The summed E-state index contributed by atoms with van der Waals surface area (Å²) in [5.41, 5.74) is 2.25. The van der Waals surface area contributed by atoms with Crippen molar-refractivity contribution in [1.82, 2.24) is 25.5 Å².